The third-order valence-corrected chi connectivity index (χ3v) is 6.86. The zero-order chi connectivity index (χ0) is 16.8. The highest BCUT2D eigenvalue weighted by molar-refractivity contribution is 8.03. The monoisotopic (exact) mass is 366 g/mol. The summed E-state index contributed by atoms with van der Waals surface area (Å²) in [5, 5.41) is 8.35. The van der Waals surface area contributed by atoms with Crippen LogP contribution in [-0.2, 0) is 0 Å². The van der Waals surface area contributed by atoms with Gasteiger partial charge in [0.1, 0.15) is 0 Å². The second-order valence-electron chi connectivity index (χ2n) is 5.50. The first-order chi connectivity index (χ1) is 11.0. The number of ketones is 1. The Kier molecular flexibility index (Phi) is 7.11. The number of rotatable bonds is 8. The molecule has 0 radical (unpaired) electrons. The van der Waals surface area contributed by atoms with Crippen molar-refractivity contribution in [3.05, 3.63) is 34.4 Å². The summed E-state index contributed by atoms with van der Waals surface area (Å²) in [4.78, 5) is 12.5. The Hall–Kier alpha value is -0.850. The average molecular weight is 367 g/mol. The Morgan fingerprint density at radius 1 is 1.04 bits per heavy atom. The maximum atomic E-state index is 12.5. The number of thioether (sulfide) groups is 2. The van der Waals surface area contributed by atoms with Crippen LogP contribution in [0.25, 0.3) is 0 Å². The lowest BCUT2D eigenvalue weighted by atomic mass is 9.99. The highest BCUT2D eigenvalue weighted by Crippen LogP contribution is 2.30. The van der Waals surface area contributed by atoms with Crippen LogP contribution in [0.1, 0.15) is 46.8 Å². The molecular formula is C17H22N2OS3. The number of unbranched alkanes of at least 4 members (excludes halogenated alkanes) is 1. The number of hydrogen-bond acceptors (Lipinski definition) is 6. The number of hydrogen-bond donors (Lipinski definition) is 0. The fraction of sp³-hybridized carbons (Fsp3) is 0.471. The van der Waals surface area contributed by atoms with Gasteiger partial charge in [0.15, 0.2) is 14.5 Å². The molecule has 0 amide bonds. The molecule has 2 rings (SSSR count). The van der Waals surface area contributed by atoms with E-state index in [2.05, 4.69) is 30.1 Å². The van der Waals surface area contributed by atoms with Gasteiger partial charge in [-0.25, -0.2) is 0 Å². The van der Waals surface area contributed by atoms with Crippen LogP contribution in [0.4, 0.5) is 0 Å². The van der Waals surface area contributed by atoms with E-state index in [0.29, 0.717) is 5.75 Å². The van der Waals surface area contributed by atoms with Crippen LogP contribution < -0.4 is 0 Å². The SMILES string of the molecule is CCCCSc1nnc(SCC(=O)c2cc(C)c(C)cc2C)s1. The topological polar surface area (TPSA) is 42.9 Å². The maximum absolute atomic E-state index is 12.5. The van der Waals surface area contributed by atoms with E-state index in [0.717, 1.165) is 31.1 Å². The molecule has 124 valence electrons. The molecule has 2 aromatic rings. The number of Topliss-reactive ketones (excluding diaryl/α,β-unsaturated/α-hetero) is 1. The molecule has 0 atom stereocenters. The summed E-state index contributed by atoms with van der Waals surface area (Å²) in [6, 6.07) is 4.08. The van der Waals surface area contributed by atoms with E-state index in [4.69, 9.17) is 0 Å². The normalized spacial score (nSPS) is 11.0. The van der Waals surface area contributed by atoms with Gasteiger partial charge in [-0.1, -0.05) is 54.3 Å². The van der Waals surface area contributed by atoms with Gasteiger partial charge >= 0.3 is 0 Å². The molecular weight excluding hydrogens is 344 g/mol. The molecule has 0 bridgehead atoms. The lowest BCUT2D eigenvalue weighted by molar-refractivity contribution is 0.102. The molecule has 1 heterocycles. The number of aromatic nitrogens is 2. The molecule has 0 aliphatic carbocycles. The molecule has 23 heavy (non-hydrogen) atoms. The van der Waals surface area contributed by atoms with Crippen LogP contribution in [0.15, 0.2) is 20.8 Å². The largest absolute Gasteiger partial charge is 0.293 e. The minimum Gasteiger partial charge on any atom is -0.293 e. The van der Waals surface area contributed by atoms with Gasteiger partial charge in [-0.3, -0.25) is 4.79 Å². The Labute approximate surface area is 150 Å². The molecule has 1 aromatic heterocycles. The van der Waals surface area contributed by atoms with Crippen LogP contribution >= 0.6 is 34.9 Å². The first kappa shape index (κ1) is 18.5. The molecule has 3 nitrogen and oxygen atoms in total. The van der Waals surface area contributed by atoms with Gasteiger partial charge in [0.05, 0.1) is 5.75 Å². The number of aryl methyl sites for hydroxylation is 3. The van der Waals surface area contributed by atoms with E-state index in [1.807, 2.05) is 19.9 Å². The van der Waals surface area contributed by atoms with E-state index in [9.17, 15) is 4.79 Å². The van der Waals surface area contributed by atoms with Crippen molar-refractivity contribution in [3.8, 4) is 0 Å². The predicted molar refractivity (Wildman–Crippen MR) is 101 cm³/mol. The Morgan fingerprint density at radius 2 is 1.70 bits per heavy atom. The fourth-order valence-corrected chi connectivity index (χ4v) is 5.14. The summed E-state index contributed by atoms with van der Waals surface area (Å²) >= 11 is 4.82. The quantitative estimate of drug-likeness (QED) is 0.359. The van der Waals surface area contributed by atoms with Gasteiger partial charge < -0.3 is 0 Å². The van der Waals surface area contributed by atoms with Crippen LogP contribution in [0.5, 0.6) is 0 Å². The second-order valence-corrected chi connectivity index (χ2v) is 9.04. The van der Waals surface area contributed by atoms with Crippen LogP contribution in [-0.4, -0.2) is 27.5 Å². The molecule has 0 aliphatic heterocycles. The number of carbonyl (C=O) groups is 1. The van der Waals surface area contributed by atoms with Gasteiger partial charge in [-0.2, -0.15) is 0 Å². The summed E-state index contributed by atoms with van der Waals surface area (Å²) in [6.45, 7) is 8.30. The Morgan fingerprint density at radius 3 is 2.39 bits per heavy atom. The van der Waals surface area contributed by atoms with Crippen molar-refractivity contribution >= 4 is 40.6 Å². The molecule has 0 N–H and O–H groups in total. The number of nitrogens with zero attached hydrogens (tertiary/aromatic N) is 2. The zero-order valence-corrected chi connectivity index (χ0v) is 16.5. The van der Waals surface area contributed by atoms with Crippen LogP contribution in [0.3, 0.4) is 0 Å². The van der Waals surface area contributed by atoms with Crippen molar-refractivity contribution in [3.63, 3.8) is 0 Å². The van der Waals surface area contributed by atoms with Crippen molar-refractivity contribution in [1.82, 2.24) is 10.2 Å². The summed E-state index contributed by atoms with van der Waals surface area (Å²) in [5.41, 5.74) is 4.26. The minimum atomic E-state index is 0.158. The zero-order valence-electron chi connectivity index (χ0n) is 14.0. The Bertz CT molecular complexity index is 682. The van der Waals surface area contributed by atoms with Crippen molar-refractivity contribution in [2.24, 2.45) is 0 Å². The molecule has 0 spiro atoms. The van der Waals surface area contributed by atoms with E-state index in [1.165, 1.54) is 30.2 Å². The first-order valence-electron chi connectivity index (χ1n) is 7.71. The van der Waals surface area contributed by atoms with Gasteiger partial charge in [0, 0.05) is 11.3 Å². The predicted octanol–water partition coefficient (Wildman–Crippen LogP) is 5.33. The van der Waals surface area contributed by atoms with Crippen molar-refractivity contribution in [2.75, 3.05) is 11.5 Å². The number of benzene rings is 1. The highest BCUT2D eigenvalue weighted by Gasteiger charge is 2.13. The molecule has 6 heteroatoms. The summed E-state index contributed by atoms with van der Waals surface area (Å²) in [6.07, 6.45) is 2.38. The molecule has 0 unspecified atom stereocenters. The maximum Gasteiger partial charge on any atom is 0.175 e. The number of carbonyl (C=O) groups excluding carboxylic acids is 1. The van der Waals surface area contributed by atoms with E-state index in [1.54, 1.807) is 23.1 Å². The minimum absolute atomic E-state index is 0.158. The Balaban J connectivity index is 1.93. The molecule has 0 saturated heterocycles. The third-order valence-electron chi connectivity index (χ3n) is 3.58. The lowest BCUT2D eigenvalue weighted by Gasteiger charge is -2.08. The van der Waals surface area contributed by atoms with Gasteiger partial charge in [-0.15, -0.1) is 10.2 Å². The fourth-order valence-electron chi connectivity index (χ4n) is 2.08. The van der Waals surface area contributed by atoms with Crippen LogP contribution in [0, 0.1) is 20.8 Å². The van der Waals surface area contributed by atoms with E-state index < -0.39 is 0 Å². The molecule has 0 saturated carbocycles. The van der Waals surface area contributed by atoms with Crippen molar-refractivity contribution in [2.45, 2.75) is 49.2 Å². The summed E-state index contributed by atoms with van der Waals surface area (Å²) in [5.74, 6) is 1.65. The smallest absolute Gasteiger partial charge is 0.175 e. The summed E-state index contributed by atoms with van der Waals surface area (Å²) in [7, 11) is 0. The second kappa shape index (κ2) is 8.85. The highest BCUT2D eigenvalue weighted by atomic mass is 32.2. The average Bonchev–Trinajstić information content (AvgIpc) is 2.97. The van der Waals surface area contributed by atoms with Crippen molar-refractivity contribution < 1.29 is 4.79 Å². The molecule has 0 fully saturated rings. The van der Waals surface area contributed by atoms with E-state index in [-0.39, 0.29) is 5.78 Å². The molecule has 1 aromatic carbocycles. The molecule has 0 aliphatic rings. The summed E-state index contributed by atoms with van der Waals surface area (Å²) < 4.78 is 1.87. The van der Waals surface area contributed by atoms with E-state index >= 15 is 0 Å². The van der Waals surface area contributed by atoms with Gasteiger partial charge in [0.2, 0.25) is 0 Å². The van der Waals surface area contributed by atoms with Crippen LogP contribution in [0.2, 0.25) is 0 Å². The van der Waals surface area contributed by atoms with Gasteiger partial charge in [0.25, 0.3) is 0 Å². The van der Waals surface area contributed by atoms with Crippen molar-refractivity contribution in [1.29, 1.82) is 0 Å². The first-order valence-corrected chi connectivity index (χ1v) is 10.5. The lowest BCUT2D eigenvalue weighted by Crippen LogP contribution is -2.06. The third kappa shape index (κ3) is 5.33. The standard InChI is InChI=1S/C17H22N2OS3/c1-5-6-7-21-16-18-19-17(23-16)22-10-15(20)14-9-12(3)11(2)8-13(14)4/h8-9H,5-7,10H2,1-4H3. The van der Waals surface area contributed by atoms with Gasteiger partial charge in [-0.05, 0) is 49.9 Å².